The summed E-state index contributed by atoms with van der Waals surface area (Å²) in [6.45, 7) is 5.24. The van der Waals surface area contributed by atoms with Gasteiger partial charge in [0.2, 0.25) is 0 Å². The molecule has 0 spiro atoms. The molecule has 1 aromatic rings. The van der Waals surface area contributed by atoms with E-state index in [9.17, 15) is 0 Å². The van der Waals surface area contributed by atoms with Crippen LogP contribution in [0.4, 0.5) is 0 Å². The van der Waals surface area contributed by atoms with Crippen molar-refractivity contribution in [3.05, 3.63) is 12.4 Å². The molecule has 1 N–H and O–H groups in total. The van der Waals surface area contributed by atoms with Gasteiger partial charge in [-0.2, -0.15) is 5.10 Å². The van der Waals surface area contributed by atoms with Gasteiger partial charge < -0.3 is 10.1 Å². The van der Waals surface area contributed by atoms with Gasteiger partial charge in [-0.15, -0.1) is 0 Å². The van der Waals surface area contributed by atoms with Crippen LogP contribution in [-0.4, -0.2) is 29.5 Å². The molecule has 4 heteroatoms. The molecule has 0 saturated carbocycles. The number of hydrogen-bond acceptors (Lipinski definition) is 3. The number of aryl methyl sites for hydroxylation is 1. The standard InChI is InChI=1S/C12H23N3O/c1-3-7-13-8-5-4-6-9-16-12-10-14-15(2)11-12/h10-11,13H,3-9H2,1-2H3. The second-order valence-corrected chi connectivity index (χ2v) is 4.01. The topological polar surface area (TPSA) is 39.1 Å². The Morgan fingerprint density at radius 1 is 1.31 bits per heavy atom. The Morgan fingerprint density at radius 2 is 2.19 bits per heavy atom. The molecule has 0 aliphatic carbocycles. The molecule has 0 aliphatic rings. The Morgan fingerprint density at radius 3 is 2.88 bits per heavy atom. The lowest BCUT2D eigenvalue weighted by Crippen LogP contribution is -2.15. The molecule has 0 saturated heterocycles. The van der Waals surface area contributed by atoms with Gasteiger partial charge in [-0.3, -0.25) is 4.68 Å². The predicted octanol–water partition coefficient (Wildman–Crippen LogP) is 1.97. The molecule has 1 aromatic heterocycles. The van der Waals surface area contributed by atoms with Gasteiger partial charge >= 0.3 is 0 Å². The van der Waals surface area contributed by atoms with Crippen molar-refractivity contribution in [2.75, 3.05) is 19.7 Å². The van der Waals surface area contributed by atoms with E-state index in [-0.39, 0.29) is 0 Å². The van der Waals surface area contributed by atoms with Gasteiger partial charge in [0.15, 0.2) is 5.75 Å². The van der Waals surface area contributed by atoms with Crippen molar-refractivity contribution < 1.29 is 4.74 Å². The molecule has 0 aliphatic heterocycles. The number of unbranched alkanes of at least 4 members (excludes halogenated alkanes) is 2. The third kappa shape index (κ3) is 5.75. The molecule has 16 heavy (non-hydrogen) atoms. The Labute approximate surface area is 98.0 Å². The minimum Gasteiger partial charge on any atom is -0.490 e. The number of hydrogen-bond donors (Lipinski definition) is 1. The van der Waals surface area contributed by atoms with Crippen LogP contribution in [0.25, 0.3) is 0 Å². The predicted molar refractivity (Wildman–Crippen MR) is 65.7 cm³/mol. The molecular formula is C12H23N3O. The first-order chi connectivity index (χ1) is 7.83. The summed E-state index contributed by atoms with van der Waals surface area (Å²) in [4.78, 5) is 0. The van der Waals surface area contributed by atoms with Crippen molar-refractivity contribution in [1.29, 1.82) is 0 Å². The molecule has 0 atom stereocenters. The zero-order valence-electron chi connectivity index (χ0n) is 10.4. The molecule has 0 bridgehead atoms. The fraction of sp³-hybridized carbons (Fsp3) is 0.750. The van der Waals surface area contributed by atoms with Gasteiger partial charge in [0.25, 0.3) is 0 Å². The quantitative estimate of drug-likeness (QED) is 0.653. The number of aromatic nitrogens is 2. The maximum atomic E-state index is 5.55. The molecule has 0 aromatic carbocycles. The van der Waals surface area contributed by atoms with Crippen molar-refractivity contribution in [1.82, 2.24) is 15.1 Å². The molecule has 92 valence electrons. The molecule has 0 radical (unpaired) electrons. The van der Waals surface area contributed by atoms with Crippen LogP contribution < -0.4 is 10.1 Å². The average Bonchev–Trinajstić information content (AvgIpc) is 2.68. The van der Waals surface area contributed by atoms with E-state index in [1.54, 1.807) is 10.9 Å². The third-order valence-corrected chi connectivity index (χ3v) is 2.37. The van der Waals surface area contributed by atoms with E-state index in [1.807, 2.05) is 13.2 Å². The smallest absolute Gasteiger partial charge is 0.157 e. The fourth-order valence-electron chi connectivity index (χ4n) is 1.49. The highest BCUT2D eigenvalue weighted by molar-refractivity contribution is 5.10. The maximum absolute atomic E-state index is 5.55. The Bertz CT molecular complexity index is 273. The summed E-state index contributed by atoms with van der Waals surface area (Å²) in [6, 6.07) is 0. The summed E-state index contributed by atoms with van der Waals surface area (Å²) in [6.07, 6.45) is 8.42. The average molecular weight is 225 g/mol. The normalized spacial score (nSPS) is 10.6. The maximum Gasteiger partial charge on any atom is 0.157 e. The molecule has 4 nitrogen and oxygen atoms in total. The van der Waals surface area contributed by atoms with Crippen LogP contribution in [0.5, 0.6) is 5.75 Å². The van der Waals surface area contributed by atoms with Crippen molar-refractivity contribution >= 4 is 0 Å². The van der Waals surface area contributed by atoms with Gasteiger partial charge in [-0.1, -0.05) is 6.92 Å². The minimum atomic E-state index is 0.791. The van der Waals surface area contributed by atoms with E-state index in [2.05, 4.69) is 17.3 Å². The Kier molecular flexibility index (Phi) is 6.65. The SMILES string of the molecule is CCCNCCCCCOc1cnn(C)c1. The van der Waals surface area contributed by atoms with E-state index in [4.69, 9.17) is 4.74 Å². The fourth-order valence-corrected chi connectivity index (χ4v) is 1.49. The van der Waals surface area contributed by atoms with E-state index >= 15 is 0 Å². The Balaban J connectivity index is 1.88. The van der Waals surface area contributed by atoms with E-state index in [1.165, 1.54) is 19.3 Å². The van der Waals surface area contributed by atoms with Crippen LogP contribution in [0.3, 0.4) is 0 Å². The van der Waals surface area contributed by atoms with E-state index < -0.39 is 0 Å². The van der Waals surface area contributed by atoms with Crippen molar-refractivity contribution in [2.24, 2.45) is 7.05 Å². The summed E-state index contributed by atoms with van der Waals surface area (Å²) in [7, 11) is 1.90. The zero-order valence-corrected chi connectivity index (χ0v) is 10.4. The van der Waals surface area contributed by atoms with Gasteiger partial charge in [-0.25, -0.2) is 0 Å². The van der Waals surface area contributed by atoms with Gasteiger partial charge in [0, 0.05) is 7.05 Å². The highest BCUT2D eigenvalue weighted by Gasteiger charge is 1.96. The van der Waals surface area contributed by atoms with E-state index in [0.29, 0.717) is 0 Å². The monoisotopic (exact) mass is 225 g/mol. The second kappa shape index (κ2) is 8.16. The van der Waals surface area contributed by atoms with Crippen molar-refractivity contribution in [3.8, 4) is 5.75 Å². The van der Waals surface area contributed by atoms with Crippen LogP contribution in [-0.2, 0) is 7.05 Å². The molecule has 0 unspecified atom stereocenters. The van der Waals surface area contributed by atoms with Crippen molar-refractivity contribution in [3.63, 3.8) is 0 Å². The largest absolute Gasteiger partial charge is 0.490 e. The number of ether oxygens (including phenoxy) is 1. The molecule has 0 amide bonds. The number of nitrogens with one attached hydrogen (secondary N) is 1. The Hall–Kier alpha value is -1.03. The third-order valence-electron chi connectivity index (χ3n) is 2.37. The first kappa shape index (κ1) is 13.0. The highest BCUT2D eigenvalue weighted by Crippen LogP contribution is 2.07. The van der Waals surface area contributed by atoms with Crippen LogP contribution >= 0.6 is 0 Å². The summed E-state index contributed by atoms with van der Waals surface area (Å²) < 4.78 is 7.30. The van der Waals surface area contributed by atoms with Crippen LogP contribution in [0.1, 0.15) is 32.6 Å². The first-order valence-electron chi connectivity index (χ1n) is 6.15. The highest BCUT2D eigenvalue weighted by atomic mass is 16.5. The molecule has 1 heterocycles. The van der Waals surface area contributed by atoms with Crippen LogP contribution in [0.15, 0.2) is 12.4 Å². The molecule has 0 fully saturated rings. The minimum absolute atomic E-state index is 0.791. The summed E-state index contributed by atoms with van der Waals surface area (Å²) in [5.41, 5.74) is 0. The van der Waals surface area contributed by atoms with Gasteiger partial charge in [0.1, 0.15) is 0 Å². The van der Waals surface area contributed by atoms with Crippen LogP contribution in [0, 0.1) is 0 Å². The lowest BCUT2D eigenvalue weighted by atomic mass is 10.2. The van der Waals surface area contributed by atoms with Crippen LogP contribution in [0.2, 0.25) is 0 Å². The summed E-state index contributed by atoms with van der Waals surface area (Å²) >= 11 is 0. The van der Waals surface area contributed by atoms with Gasteiger partial charge in [0.05, 0.1) is 19.0 Å². The second-order valence-electron chi connectivity index (χ2n) is 4.01. The van der Waals surface area contributed by atoms with E-state index in [0.717, 1.165) is 31.9 Å². The summed E-state index contributed by atoms with van der Waals surface area (Å²) in [5, 5.41) is 7.44. The van der Waals surface area contributed by atoms with Gasteiger partial charge in [-0.05, 0) is 38.8 Å². The number of rotatable bonds is 9. The summed E-state index contributed by atoms with van der Waals surface area (Å²) in [5.74, 6) is 0.867. The lowest BCUT2D eigenvalue weighted by Gasteiger charge is -2.04. The number of nitrogens with zero attached hydrogens (tertiary/aromatic N) is 2. The molecular weight excluding hydrogens is 202 g/mol. The van der Waals surface area contributed by atoms with Crippen molar-refractivity contribution in [2.45, 2.75) is 32.6 Å². The molecule has 1 rings (SSSR count). The first-order valence-corrected chi connectivity index (χ1v) is 6.15. The lowest BCUT2D eigenvalue weighted by molar-refractivity contribution is 0.304. The zero-order chi connectivity index (χ0) is 11.6.